The number of nitrogens with zero attached hydrogens (tertiary/aromatic N) is 5. The molecule has 0 unspecified atom stereocenters. The van der Waals surface area contributed by atoms with Crippen LogP contribution in [0, 0.1) is 6.92 Å². The van der Waals surface area contributed by atoms with Crippen LogP contribution in [0.3, 0.4) is 0 Å². The molecule has 0 saturated carbocycles. The third-order valence-corrected chi connectivity index (χ3v) is 4.62. The number of H-pyrrole nitrogens is 1. The summed E-state index contributed by atoms with van der Waals surface area (Å²) in [5.41, 5.74) is 2.56. The van der Waals surface area contributed by atoms with Crippen LogP contribution in [-0.4, -0.2) is 38.0 Å². The highest BCUT2D eigenvalue weighted by molar-refractivity contribution is 5.57. The van der Waals surface area contributed by atoms with Crippen LogP contribution in [-0.2, 0) is 0 Å². The monoisotopic (exact) mass is 348 g/mol. The number of hydrogen-bond acceptors (Lipinski definition) is 6. The maximum atomic E-state index is 11.6. The summed E-state index contributed by atoms with van der Waals surface area (Å²) in [4.78, 5) is 34.3. The summed E-state index contributed by atoms with van der Waals surface area (Å²) in [6.07, 6.45) is 7.05. The molecular weight excluding hydrogens is 328 g/mol. The van der Waals surface area contributed by atoms with Gasteiger partial charge in [0, 0.05) is 54.8 Å². The Kier molecular flexibility index (Phi) is 4.43. The van der Waals surface area contributed by atoms with E-state index in [2.05, 4.69) is 24.8 Å². The molecule has 26 heavy (non-hydrogen) atoms. The second kappa shape index (κ2) is 7.03. The molecule has 3 aromatic heterocycles. The number of hydrogen-bond donors (Lipinski definition) is 1. The van der Waals surface area contributed by atoms with E-state index in [9.17, 15) is 4.79 Å². The summed E-state index contributed by atoms with van der Waals surface area (Å²) in [5, 5.41) is 0. The fraction of sp³-hybridized carbons (Fsp3) is 0.316. The summed E-state index contributed by atoms with van der Waals surface area (Å²) >= 11 is 0. The van der Waals surface area contributed by atoms with Gasteiger partial charge in [-0.2, -0.15) is 0 Å². The lowest BCUT2D eigenvalue weighted by atomic mass is 9.94. The van der Waals surface area contributed by atoms with Gasteiger partial charge in [0.25, 0.3) is 5.56 Å². The number of anilines is 1. The van der Waals surface area contributed by atoms with Crippen molar-refractivity contribution >= 4 is 5.82 Å². The molecule has 3 aromatic rings. The van der Waals surface area contributed by atoms with Crippen molar-refractivity contribution in [3.8, 4) is 11.4 Å². The van der Waals surface area contributed by atoms with Crippen LogP contribution < -0.4 is 10.5 Å². The maximum Gasteiger partial charge on any atom is 0.250 e. The Bertz CT molecular complexity index is 955. The quantitative estimate of drug-likeness (QED) is 0.781. The highest BCUT2D eigenvalue weighted by Crippen LogP contribution is 2.28. The Balaban J connectivity index is 1.63. The van der Waals surface area contributed by atoms with Crippen molar-refractivity contribution in [2.24, 2.45) is 0 Å². The minimum absolute atomic E-state index is 0.108. The SMILES string of the molecule is Cc1cc(N2CCC[C@H](c3cc(=O)[nH]cn3)C2)nc(-c2cccnc2)n1. The van der Waals surface area contributed by atoms with Crippen LogP contribution in [0.5, 0.6) is 0 Å². The summed E-state index contributed by atoms with van der Waals surface area (Å²) in [7, 11) is 0. The van der Waals surface area contributed by atoms with Crippen molar-refractivity contribution in [3.63, 3.8) is 0 Å². The first-order valence-corrected chi connectivity index (χ1v) is 8.75. The Morgan fingerprint density at radius 2 is 2.19 bits per heavy atom. The van der Waals surface area contributed by atoms with Gasteiger partial charge in [0.05, 0.1) is 12.0 Å². The van der Waals surface area contributed by atoms with Gasteiger partial charge in [-0.15, -0.1) is 0 Å². The predicted molar refractivity (Wildman–Crippen MR) is 99.0 cm³/mol. The van der Waals surface area contributed by atoms with Gasteiger partial charge in [0.15, 0.2) is 5.82 Å². The molecule has 0 amide bonds. The van der Waals surface area contributed by atoms with Crippen LogP contribution >= 0.6 is 0 Å². The number of pyridine rings is 1. The maximum absolute atomic E-state index is 11.6. The van der Waals surface area contributed by atoms with Gasteiger partial charge in [0.1, 0.15) is 5.82 Å². The standard InChI is InChI=1S/C19H20N6O/c1-13-8-17(24-19(23-13)14-4-2-6-20-10-14)25-7-3-5-15(11-25)16-9-18(26)22-12-21-16/h2,4,6,8-10,12,15H,3,5,7,11H2,1H3,(H,21,22,26)/t15-/m0/s1. The van der Waals surface area contributed by atoms with Gasteiger partial charge in [-0.3, -0.25) is 9.78 Å². The highest BCUT2D eigenvalue weighted by Gasteiger charge is 2.24. The van der Waals surface area contributed by atoms with Crippen LogP contribution in [0.4, 0.5) is 5.82 Å². The van der Waals surface area contributed by atoms with Crippen molar-refractivity contribution in [2.45, 2.75) is 25.7 Å². The van der Waals surface area contributed by atoms with Crippen LogP contribution in [0.25, 0.3) is 11.4 Å². The molecule has 0 bridgehead atoms. The minimum Gasteiger partial charge on any atom is -0.356 e. The zero-order chi connectivity index (χ0) is 17.9. The smallest absolute Gasteiger partial charge is 0.250 e. The average molecular weight is 348 g/mol. The van der Waals surface area contributed by atoms with E-state index in [-0.39, 0.29) is 11.5 Å². The topological polar surface area (TPSA) is 87.7 Å². The summed E-state index contributed by atoms with van der Waals surface area (Å²) in [5.74, 6) is 1.82. The van der Waals surface area contributed by atoms with E-state index < -0.39 is 0 Å². The van der Waals surface area contributed by atoms with Crippen LogP contribution in [0.2, 0.25) is 0 Å². The molecule has 7 nitrogen and oxygen atoms in total. The normalized spacial score (nSPS) is 17.3. The second-order valence-electron chi connectivity index (χ2n) is 6.55. The van der Waals surface area contributed by atoms with Crippen LogP contribution in [0.1, 0.15) is 30.1 Å². The molecule has 1 aliphatic rings. The van der Waals surface area contributed by atoms with Gasteiger partial charge < -0.3 is 9.88 Å². The Morgan fingerprint density at radius 3 is 3.00 bits per heavy atom. The van der Waals surface area contributed by atoms with E-state index in [0.717, 1.165) is 48.7 Å². The van der Waals surface area contributed by atoms with Crippen molar-refractivity contribution < 1.29 is 0 Å². The van der Waals surface area contributed by atoms with Gasteiger partial charge in [-0.25, -0.2) is 15.0 Å². The first kappa shape index (κ1) is 16.4. The molecule has 1 saturated heterocycles. The number of piperidine rings is 1. The molecule has 1 fully saturated rings. The van der Waals surface area contributed by atoms with Crippen molar-refractivity contribution in [2.75, 3.05) is 18.0 Å². The van der Waals surface area contributed by atoms with Gasteiger partial charge >= 0.3 is 0 Å². The summed E-state index contributed by atoms with van der Waals surface area (Å²) < 4.78 is 0. The van der Waals surface area contributed by atoms with E-state index >= 15 is 0 Å². The number of aryl methyl sites for hydroxylation is 1. The van der Waals surface area contributed by atoms with E-state index in [0.29, 0.717) is 5.82 Å². The molecule has 4 heterocycles. The van der Waals surface area contributed by atoms with Crippen molar-refractivity contribution in [1.82, 2.24) is 24.9 Å². The summed E-state index contributed by atoms with van der Waals surface area (Å²) in [6, 6.07) is 7.45. The predicted octanol–water partition coefficient (Wildman–Crippen LogP) is 2.31. The average Bonchev–Trinajstić information content (AvgIpc) is 2.68. The zero-order valence-corrected chi connectivity index (χ0v) is 14.6. The second-order valence-corrected chi connectivity index (χ2v) is 6.55. The van der Waals surface area contributed by atoms with Gasteiger partial charge in [0.2, 0.25) is 0 Å². The molecule has 1 aliphatic heterocycles. The molecule has 1 N–H and O–H groups in total. The van der Waals surface area contributed by atoms with Gasteiger partial charge in [-0.1, -0.05) is 0 Å². The third kappa shape index (κ3) is 3.46. The molecule has 0 aromatic carbocycles. The molecule has 0 radical (unpaired) electrons. The molecule has 0 spiro atoms. The fourth-order valence-electron chi connectivity index (χ4n) is 3.37. The van der Waals surface area contributed by atoms with Crippen molar-refractivity contribution in [1.29, 1.82) is 0 Å². The molecule has 7 heteroatoms. The molecule has 132 valence electrons. The van der Waals surface area contributed by atoms with Crippen LogP contribution in [0.15, 0.2) is 47.8 Å². The molecule has 1 atom stereocenters. The molecule has 4 rings (SSSR count). The van der Waals surface area contributed by atoms with Gasteiger partial charge in [-0.05, 0) is 31.9 Å². The third-order valence-electron chi connectivity index (χ3n) is 4.62. The first-order chi connectivity index (χ1) is 12.7. The number of rotatable bonds is 3. The van der Waals surface area contributed by atoms with E-state index in [1.807, 2.05) is 25.1 Å². The largest absolute Gasteiger partial charge is 0.356 e. The lowest BCUT2D eigenvalue weighted by Crippen LogP contribution is -2.35. The lowest BCUT2D eigenvalue weighted by molar-refractivity contribution is 0.497. The number of nitrogens with one attached hydrogen (secondary N) is 1. The van der Waals surface area contributed by atoms with Crippen molar-refractivity contribution in [3.05, 3.63) is 64.7 Å². The minimum atomic E-state index is -0.108. The van der Waals surface area contributed by atoms with E-state index in [4.69, 9.17) is 4.98 Å². The number of aromatic amines is 1. The highest BCUT2D eigenvalue weighted by atomic mass is 16.1. The molecule has 0 aliphatic carbocycles. The first-order valence-electron chi connectivity index (χ1n) is 8.75. The Hall–Kier alpha value is -3.09. The zero-order valence-electron chi connectivity index (χ0n) is 14.6. The Labute approximate surface area is 151 Å². The Morgan fingerprint density at radius 1 is 1.27 bits per heavy atom. The fourth-order valence-corrected chi connectivity index (χ4v) is 3.37. The summed E-state index contributed by atoms with van der Waals surface area (Å²) in [6.45, 7) is 3.70. The number of aromatic nitrogens is 5. The van der Waals surface area contributed by atoms with E-state index in [1.54, 1.807) is 18.5 Å². The lowest BCUT2D eigenvalue weighted by Gasteiger charge is -2.33. The molecular formula is C19H20N6O. The van der Waals surface area contributed by atoms with E-state index in [1.165, 1.54) is 6.33 Å².